The third kappa shape index (κ3) is 12.7. The van der Waals surface area contributed by atoms with Gasteiger partial charge >= 0.3 is 17.1 Å². The maximum Gasteiger partial charge on any atom is 0.403 e. The smallest absolute Gasteiger partial charge is 0.403 e. The monoisotopic (exact) mass is 1260 g/mol. The van der Waals surface area contributed by atoms with Gasteiger partial charge in [0.15, 0.2) is 11.3 Å². The number of nitro groups is 2. The number of ketones is 1. The third-order valence-electron chi connectivity index (χ3n) is 12.5. The Morgan fingerprint density at radius 3 is 1.22 bits per heavy atom. The molecule has 0 fully saturated rings. The van der Waals surface area contributed by atoms with Crippen LogP contribution in [0.15, 0.2) is 178 Å². The lowest BCUT2D eigenvalue weighted by atomic mass is 9.87. The molecular formula is C51H41N11O26S. The summed E-state index contributed by atoms with van der Waals surface area (Å²) < 4.78 is 20.2. The van der Waals surface area contributed by atoms with Gasteiger partial charge in [-0.25, -0.2) is 29.6 Å². The first-order valence-corrected chi connectivity index (χ1v) is 25.5. The van der Waals surface area contributed by atoms with E-state index in [4.69, 9.17) is 41.7 Å². The summed E-state index contributed by atoms with van der Waals surface area (Å²) in [4.78, 5) is 142. The Morgan fingerprint density at radius 2 is 0.843 bits per heavy atom. The molecule has 0 bridgehead atoms. The Hall–Kier alpha value is -12.5. The Balaban J connectivity index is 0.000000172. The van der Waals surface area contributed by atoms with E-state index in [9.17, 15) is 86.6 Å². The number of anilines is 1. The molecule has 37 nitrogen and oxygen atoms in total. The number of carbonyl (C=O) groups is 4. The minimum Gasteiger partial charge on any atom is -0.422 e. The van der Waals surface area contributed by atoms with Crippen molar-refractivity contribution in [1.82, 2.24) is 38.2 Å². The number of benzene rings is 6. The van der Waals surface area contributed by atoms with Crippen molar-refractivity contribution < 1.29 is 84.3 Å². The van der Waals surface area contributed by atoms with E-state index in [-0.39, 0.29) is 62.3 Å². The van der Waals surface area contributed by atoms with E-state index in [1.165, 1.54) is 31.3 Å². The first-order chi connectivity index (χ1) is 41.6. The van der Waals surface area contributed by atoms with Crippen LogP contribution in [0.2, 0.25) is 0 Å². The first-order valence-electron chi connectivity index (χ1n) is 24.1. The number of nitrogens with zero attached hydrogens (tertiary/aromatic N) is 11. The van der Waals surface area contributed by atoms with Crippen LogP contribution in [0.1, 0.15) is 53.9 Å². The lowest BCUT2D eigenvalue weighted by molar-refractivity contribution is -0.394. The standard InChI is InChI=1S/C15H13NO2.C10H4N2O6.C8H7N3O6.C8H9NO2.C7H5NO4S.C3H3N3O6/c1-15(11-7-3-2-4-8-11)14(17)12-9-5-6-10-13(12)16(15)18;13-7-3-1-4-6(10(16)12(18)8(4)14)2-5(3)9(15)11(7)17;1-9(13)8(12)5-2-6(10(14)15)4-7(3-5)11(16)17;1-9(11)8(10)7-5-3-2-4-6-7;9-7-5-3-1-2-4-6(5)13(11,12)8(7)10;7-1-4(10)2(8)6(12)3(9)5(1)11/h2-10,18H,1H3;1-2,17-18H;2-4,13H,1H3;2-6,11H,1H3;1-4,10H;10-12H. The normalized spacial score (nSPS) is 13.9. The summed E-state index contributed by atoms with van der Waals surface area (Å²) in [7, 11) is -1.69. The van der Waals surface area contributed by atoms with Crippen molar-refractivity contribution in [1.29, 1.82) is 0 Å². The number of amides is 3. The summed E-state index contributed by atoms with van der Waals surface area (Å²) in [5.41, 5.74) is -9.04. The molecule has 2 aliphatic rings. The number of fused-ring (bicyclic) bond motifs is 4. The molecule has 9 N–H and O–H groups in total. The predicted molar refractivity (Wildman–Crippen MR) is 294 cm³/mol. The van der Waals surface area contributed by atoms with Crippen LogP contribution in [-0.4, -0.2) is 141 Å². The van der Waals surface area contributed by atoms with E-state index >= 15 is 0 Å². The second-order valence-electron chi connectivity index (χ2n) is 18.0. The molecule has 1 unspecified atom stereocenters. The number of sulfonamides is 1. The molecule has 0 radical (unpaired) electrons. The number of para-hydroxylation sites is 1. The van der Waals surface area contributed by atoms with E-state index in [0.717, 1.165) is 48.0 Å². The number of non-ortho nitro benzene ring substituents is 2. The first kappa shape index (κ1) is 65.6. The van der Waals surface area contributed by atoms with Gasteiger partial charge in [-0.05, 0) is 61.0 Å². The highest BCUT2D eigenvalue weighted by Crippen LogP contribution is 2.43. The van der Waals surface area contributed by atoms with Crippen LogP contribution in [0.3, 0.4) is 0 Å². The molecule has 0 saturated carbocycles. The lowest BCUT2D eigenvalue weighted by Gasteiger charge is -2.30. The summed E-state index contributed by atoms with van der Waals surface area (Å²) in [6.07, 6.45) is 0. The summed E-state index contributed by atoms with van der Waals surface area (Å²) in [5.74, 6) is -2.36. The molecule has 462 valence electrons. The number of Topliss-reactive ketones (excluding diaryl/α,β-unsaturated/α-hetero) is 1. The van der Waals surface area contributed by atoms with Crippen LogP contribution in [0.5, 0.6) is 0 Å². The molecule has 3 amide bonds. The third-order valence-corrected chi connectivity index (χ3v) is 14.0. The van der Waals surface area contributed by atoms with E-state index in [2.05, 4.69) is 0 Å². The summed E-state index contributed by atoms with van der Waals surface area (Å²) in [6, 6.07) is 35.2. The molecule has 9 aromatic rings. The van der Waals surface area contributed by atoms with Crippen molar-refractivity contribution >= 4 is 72.1 Å². The molecule has 2 aliphatic heterocycles. The van der Waals surface area contributed by atoms with Gasteiger partial charge in [0.2, 0.25) is 0 Å². The topological polar surface area (TPSA) is 528 Å². The van der Waals surface area contributed by atoms with Crippen LogP contribution >= 0.6 is 0 Å². The fourth-order valence-electron chi connectivity index (χ4n) is 7.99. The molecule has 0 saturated heterocycles. The highest BCUT2D eigenvalue weighted by Gasteiger charge is 2.49. The van der Waals surface area contributed by atoms with E-state index in [1.807, 2.05) is 42.5 Å². The van der Waals surface area contributed by atoms with Gasteiger partial charge in [-0.15, -0.1) is 13.9 Å². The van der Waals surface area contributed by atoms with Gasteiger partial charge in [0.25, 0.3) is 61.4 Å². The molecule has 0 aliphatic carbocycles. The van der Waals surface area contributed by atoms with Crippen LogP contribution < -0.4 is 44.4 Å². The zero-order valence-corrected chi connectivity index (χ0v) is 45.9. The number of hydrogen-bond acceptors (Lipinski definition) is 27. The van der Waals surface area contributed by atoms with E-state index in [0.29, 0.717) is 21.9 Å². The Kier molecular flexibility index (Phi) is 19.0. The van der Waals surface area contributed by atoms with Crippen LogP contribution in [0.25, 0.3) is 21.5 Å². The van der Waals surface area contributed by atoms with Gasteiger partial charge in [0.05, 0.1) is 54.3 Å². The minimum atomic E-state index is -3.99. The Labute approximate surface area is 490 Å². The number of aromatic nitrogens is 5. The number of nitro benzene ring substituents is 2. The average Bonchev–Trinajstić information content (AvgIpc) is 1.64. The van der Waals surface area contributed by atoms with Crippen LogP contribution in [-0.2, 0) is 15.6 Å². The number of carbonyl (C=O) groups excluding carboxylic acids is 4. The van der Waals surface area contributed by atoms with Crippen LogP contribution in [0, 0.1) is 20.2 Å². The van der Waals surface area contributed by atoms with Crippen molar-refractivity contribution in [2.45, 2.75) is 17.4 Å². The minimum absolute atomic E-state index is 0.00463. The number of hydroxylamine groups is 6. The van der Waals surface area contributed by atoms with E-state index < -0.39 is 108 Å². The van der Waals surface area contributed by atoms with Crippen molar-refractivity contribution in [2.24, 2.45) is 0 Å². The largest absolute Gasteiger partial charge is 0.422 e. The predicted octanol–water partition coefficient (Wildman–Crippen LogP) is 0.597. The molecule has 5 heterocycles. The van der Waals surface area contributed by atoms with Crippen molar-refractivity contribution in [2.75, 3.05) is 19.2 Å². The van der Waals surface area contributed by atoms with E-state index in [1.54, 1.807) is 49.4 Å². The SMILES string of the molecule is CC1(c2ccccc2)C(=O)c2ccccc2N1O.CN(O)C(=O)c1cc([N+](=O)[O-])cc([N+](=O)[O-])c1.CN(O)C(=O)c1ccccc1.O=C1c2ccccc2S(=O)(=O)N1O.O=c1c2cc3c(=O)n(O)c(=O)c3cc2c(=O)n1O.O=c1n(O)c(=O)n(O)c(=O)n1O. The van der Waals surface area contributed by atoms with Crippen molar-refractivity contribution in [3.05, 3.63) is 260 Å². The summed E-state index contributed by atoms with van der Waals surface area (Å²) >= 11 is 0. The zero-order valence-electron chi connectivity index (χ0n) is 45.1. The fraction of sp³-hybridized carbons (Fsp3) is 0.0784. The van der Waals surface area contributed by atoms with Gasteiger partial charge in [0, 0.05) is 37.4 Å². The van der Waals surface area contributed by atoms with Gasteiger partial charge < -0.3 is 26.0 Å². The highest BCUT2D eigenvalue weighted by atomic mass is 32.2. The number of rotatable bonds is 5. The van der Waals surface area contributed by atoms with Gasteiger partial charge in [-0.2, -0.15) is 8.42 Å². The second kappa shape index (κ2) is 25.8. The number of hydrogen-bond donors (Lipinski definition) is 9. The highest BCUT2D eigenvalue weighted by molar-refractivity contribution is 7.90. The van der Waals surface area contributed by atoms with Gasteiger partial charge in [-0.3, -0.25) is 79.4 Å². The molecule has 3 aromatic heterocycles. The molecule has 38 heteroatoms. The fourth-order valence-corrected chi connectivity index (χ4v) is 9.17. The molecule has 89 heavy (non-hydrogen) atoms. The molecule has 1 atom stereocenters. The van der Waals surface area contributed by atoms with Crippen molar-refractivity contribution in [3.63, 3.8) is 0 Å². The zero-order chi connectivity index (χ0) is 66.5. The Morgan fingerprint density at radius 1 is 0.483 bits per heavy atom. The maximum atomic E-state index is 12.5. The molecular weight excluding hydrogens is 1210 g/mol. The second-order valence-corrected chi connectivity index (χ2v) is 19.7. The average molecular weight is 1260 g/mol. The molecule has 0 spiro atoms. The van der Waals surface area contributed by atoms with Crippen molar-refractivity contribution in [3.8, 4) is 0 Å². The van der Waals surface area contributed by atoms with Gasteiger partial charge in [0.1, 0.15) is 4.90 Å². The summed E-state index contributed by atoms with van der Waals surface area (Å²) in [5, 5.41) is 103. The lowest BCUT2D eigenvalue weighted by Crippen LogP contribution is -2.52. The maximum absolute atomic E-state index is 12.5. The Bertz CT molecular complexity index is 4570. The molecule has 6 aromatic carbocycles. The molecule has 11 rings (SSSR count). The quantitative estimate of drug-likeness (QED) is 0.0493. The summed E-state index contributed by atoms with van der Waals surface area (Å²) in [6.45, 7) is 1.74. The van der Waals surface area contributed by atoms with Crippen LogP contribution in [0.4, 0.5) is 17.1 Å². The van der Waals surface area contributed by atoms with Gasteiger partial charge in [-0.1, -0.05) is 87.0 Å².